The fourth-order valence-electron chi connectivity index (χ4n) is 2.87. The van der Waals surface area contributed by atoms with Gasteiger partial charge in [0.05, 0.1) is 12.3 Å². The van der Waals surface area contributed by atoms with E-state index in [1.165, 1.54) is 6.42 Å². The second-order valence-electron chi connectivity index (χ2n) is 5.95. The molecule has 122 valence electrons. The summed E-state index contributed by atoms with van der Waals surface area (Å²) in [5, 5.41) is 3.50. The molecule has 3 N–H and O–H groups in total. The van der Waals surface area contributed by atoms with Gasteiger partial charge in [-0.2, -0.15) is 0 Å². The fourth-order valence-corrected chi connectivity index (χ4v) is 3.04. The van der Waals surface area contributed by atoms with Crippen LogP contribution in [0.25, 0.3) is 0 Å². The van der Waals surface area contributed by atoms with E-state index in [-0.39, 0.29) is 17.9 Å². The molecule has 1 aromatic rings. The SMILES string of the molecule is CCCOc1ccc(Cl)cc1NC(=O)CC1CCCCC1N. The fraction of sp³-hybridized carbons (Fsp3) is 0.588. The maximum absolute atomic E-state index is 12.3. The van der Waals surface area contributed by atoms with Gasteiger partial charge in [0.15, 0.2) is 0 Å². The average Bonchev–Trinajstić information content (AvgIpc) is 2.49. The number of carbonyl (C=O) groups excluding carboxylic acids is 1. The highest BCUT2D eigenvalue weighted by atomic mass is 35.5. The van der Waals surface area contributed by atoms with E-state index in [1.54, 1.807) is 18.2 Å². The van der Waals surface area contributed by atoms with Crippen LogP contribution in [-0.4, -0.2) is 18.6 Å². The van der Waals surface area contributed by atoms with E-state index < -0.39 is 0 Å². The molecule has 2 atom stereocenters. The van der Waals surface area contributed by atoms with Gasteiger partial charge in [-0.15, -0.1) is 0 Å². The van der Waals surface area contributed by atoms with Crippen LogP contribution in [0.5, 0.6) is 5.75 Å². The van der Waals surface area contributed by atoms with Gasteiger partial charge in [-0.25, -0.2) is 0 Å². The van der Waals surface area contributed by atoms with Crippen LogP contribution >= 0.6 is 11.6 Å². The summed E-state index contributed by atoms with van der Waals surface area (Å²) in [6.07, 6.45) is 5.74. The minimum absolute atomic E-state index is 0.0223. The molecular weight excluding hydrogens is 300 g/mol. The smallest absolute Gasteiger partial charge is 0.224 e. The molecule has 0 heterocycles. The number of amides is 1. The first kappa shape index (κ1) is 17.1. The molecule has 0 bridgehead atoms. The lowest BCUT2D eigenvalue weighted by atomic mass is 9.83. The molecule has 2 unspecified atom stereocenters. The summed E-state index contributed by atoms with van der Waals surface area (Å²) in [7, 11) is 0. The summed E-state index contributed by atoms with van der Waals surface area (Å²) in [4.78, 5) is 12.3. The molecule has 0 spiro atoms. The number of carbonyl (C=O) groups is 1. The quantitative estimate of drug-likeness (QED) is 0.832. The van der Waals surface area contributed by atoms with Gasteiger partial charge in [0.1, 0.15) is 5.75 Å². The first-order valence-electron chi connectivity index (χ1n) is 8.08. The summed E-state index contributed by atoms with van der Waals surface area (Å²) >= 11 is 6.02. The minimum Gasteiger partial charge on any atom is -0.491 e. The van der Waals surface area contributed by atoms with Crippen molar-refractivity contribution in [2.75, 3.05) is 11.9 Å². The highest BCUT2D eigenvalue weighted by molar-refractivity contribution is 6.31. The van der Waals surface area contributed by atoms with Crippen LogP contribution < -0.4 is 15.8 Å². The lowest BCUT2D eigenvalue weighted by molar-refractivity contribution is -0.117. The number of ether oxygens (including phenoxy) is 1. The molecule has 4 nitrogen and oxygen atoms in total. The Hall–Kier alpha value is -1.26. The zero-order chi connectivity index (χ0) is 15.9. The number of hydrogen-bond acceptors (Lipinski definition) is 3. The first-order chi connectivity index (χ1) is 10.6. The van der Waals surface area contributed by atoms with Gasteiger partial charge in [-0.1, -0.05) is 31.4 Å². The topological polar surface area (TPSA) is 64.3 Å². The van der Waals surface area contributed by atoms with E-state index in [9.17, 15) is 4.79 Å². The molecule has 1 saturated carbocycles. The van der Waals surface area contributed by atoms with Gasteiger partial charge < -0.3 is 15.8 Å². The van der Waals surface area contributed by atoms with Gasteiger partial charge in [-0.3, -0.25) is 4.79 Å². The predicted octanol–water partition coefficient (Wildman–Crippen LogP) is 3.97. The zero-order valence-corrected chi connectivity index (χ0v) is 13.9. The van der Waals surface area contributed by atoms with E-state index in [4.69, 9.17) is 22.1 Å². The zero-order valence-electron chi connectivity index (χ0n) is 13.1. The Morgan fingerprint density at radius 2 is 2.18 bits per heavy atom. The Kier molecular flexibility index (Phi) is 6.52. The van der Waals surface area contributed by atoms with Crippen LogP contribution in [0.2, 0.25) is 5.02 Å². The molecule has 5 heteroatoms. The third-order valence-electron chi connectivity index (χ3n) is 4.09. The second kappa shape index (κ2) is 8.39. The number of anilines is 1. The third kappa shape index (κ3) is 4.89. The van der Waals surface area contributed by atoms with Crippen LogP contribution in [0, 0.1) is 5.92 Å². The molecular formula is C17H25ClN2O2. The lowest BCUT2D eigenvalue weighted by Crippen LogP contribution is -2.35. The molecule has 22 heavy (non-hydrogen) atoms. The predicted molar refractivity (Wildman–Crippen MR) is 90.4 cm³/mol. The Morgan fingerprint density at radius 3 is 2.91 bits per heavy atom. The number of nitrogens with two attached hydrogens (primary N) is 1. The van der Waals surface area contributed by atoms with E-state index in [0.717, 1.165) is 25.7 Å². The largest absolute Gasteiger partial charge is 0.491 e. The standard InChI is InChI=1S/C17H25ClN2O2/c1-2-9-22-16-8-7-13(18)11-15(16)20-17(21)10-12-5-3-4-6-14(12)19/h7-8,11-12,14H,2-6,9-10,19H2,1H3,(H,20,21). The van der Waals surface area contributed by atoms with Crippen LogP contribution in [0.15, 0.2) is 18.2 Å². The van der Waals surface area contributed by atoms with Crippen LogP contribution in [0.3, 0.4) is 0 Å². The maximum atomic E-state index is 12.3. The van der Waals surface area contributed by atoms with E-state index >= 15 is 0 Å². The van der Waals surface area contributed by atoms with Crippen LogP contribution in [0.1, 0.15) is 45.4 Å². The van der Waals surface area contributed by atoms with Crippen molar-refractivity contribution in [1.82, 2.24) is 0 Å². The van der Waals surface area contributed by atoms with Crippen molar-refractivity contribution in [1.29, 1.82) is 0 Å². The molecule has 0 aromatic heterocycles. The van der Waals surface area contributed by atoms with Crippen LogP contribution in [0.4, 0.5) is 5.69 Å². The number of benzene rings is 1. The maximum Gasteiger partial charge on any atom is 0.224 e. The molecule has 0 aliphatic heterocycles. The van der Waals surface area contributed by atoms with Crippen molar-refractivity contribution in [3.05, 3.63) is 23.2 Å². The lowest BCUT2D eigenvalue weighted by Gasteiger charge is -2.28. The first-order valence-corrected chi connectivity index (χ1v) is 8.45. The number of halogens is 1. The van der Waals surface area contributed by atoms with Gasteiger partial charge in [0, 0.05) is 17.5 Å². The van der Waals surface area contributed by atoms with Crippen molar-refractivity contribution in [2.45, 2.75) is 51.5 Å². The summed E-state index contributed by atoms with van der Waals surface area (Å²) in [5.74, 6) is 0.909. The number of rotatable bonds is 6. The summed E-state index contributed by atoms with van der Waals surface area (Å²) in [5.41, 5.74) is 6.75. The number of nitrogens with one attached hydrogen (secondary N) is 1. The monoisotopic (exact) mass is 324 g/mol. The van der Waals surface area contributed by atoms with E-state index in [2.05, 4.69) is 5.32 Å². The Labute approximate surface area is 137 Å². The molecule has 0 saturated heterocycles. The minimum atomic E-state index is -0.0223. The van der Waals surface area contributed by atoms with Gasteiger partial charge in [0.2, 0.25) is 5.91 Å². The van der Waals surface area contributed by atoms with Gasteiger partial charge >= 0.3 is 0 Å². The van der Waals surface area contributed by atoms with Crippen LogP contribution in [-0.2, 0) is 4.79 Å². The molecule has 1 amide bonds. The summed E-state index contributed by atoms with van der Waals surface area (Å²) < 4.78 is 5.66. The highest BCUT2D eigenvalue weighted by Gasteiger charge is 2.24. The van der Waals surface area contributed by atoms with Crippen molar-refractivity contribution >= 4 is 23.2 Å². The molecule has 0 radical (unpaired) electrons. The molecule has 2 rings (SSSR count). The number of hydrogen-bond donors (Lipinski definition) is 2. The normalized spacial score (nSPS) is 21.4. The van der Waals surface area contributed by atoms with Gasteiger partial charge in [-0.05, 0) is 43.4 Å². The van der Waals surface area contributed by atoms with Crippen molar-refractivity contribution in [3.63, 3.8) is 0 Å². The molecule has 1 fully saturated rings. The summed E-state index contributed by atoms with van der Waals surface area (Å²) in [6, 6.07) is 5.42. The Morgan fingerprint density at radius 1 is 1.41 bits per heavy atom. The average molecular weight is 325 g/mol. The molecule has 1 aromatic carbocycles. The van der Waals surface area contributed by atoms with Crippen molar-refractivity contribution in [2.24, 2.45) is 11.7 Å². The third-order valence-corrected chi connectivity index (χ3v) is 4.33. The van der Waals surface area contributed by atoms with E-state index in [0.29, 0.717) is 29.5 Å². The second-order valence-corrected chi connectivity index (χ2v) is 6.39. The van der Waals surface area contributed by atoms with Crippen molar-refractivity contribution in [3.8, 4) is 5.75 Å². The molecule has 1 aliphatic carbocycles. The Bertz CT molecular complexity index is 507. The van der Waals surface area contributed by atoms with E-state index in [1.807, 2.05) is 6.92 Å². The Balaban J connectivity index is 1.99. The van der Waals surface area contributed by atoms with Crippen molar-refractivity contribution < 1.29 is 9.53 Å². The molecule has 1 aliphatic rings. The summed E-state index contributed by atoms with van der Waals surface area (Å²) in [6.45, 7) is 2.65. The highest BCUT2D eigenvalue weighted by Crippen LogP contribution is 2.30. The van der Waals surface area contributed by atoms with Gasteiger partial charge in [0.25, 0.3) is 0 Å².